The smallest absolute Gasteiger partial charge is 0.123 e. The van der Waals surface area contributed by atoms with Gasteiger partial charge in [0.05, 0.1) is 7.11 Å². The topological polar surface area (TPSA) is 41.5 Å². The standard InChI is InChI=1S/C19H25NO2/c1-15(18-10-6-7-11-19(18)22-2)20-14-17(12-13-21)16-8-4-3-5-9-16/h3-11,15,17,20-21H,12-14H2,1-2H3. The van der Waals surface area contributed by atoms with Gasteiger partial charge in [0, 0.05) is 24.8 Å². The molecule has 2 N–H and O–H groups in total. The zero-order valence-corrected chi connectivity index (χ0v) is 13.3. The van der Waals surface area contributed by atoms with E-state index in [1.54, 1.807) is 7.11 Å². The van der Waals surface area contributed by atoms with Crippen LogP contribution in [-0.4, -0.2) is 25.4 Å². The molecule has 0 aliphatic rings. The van der Waals surface area contributed by atoms with E-state index in [9.17, 15) is 5.11 Å². The molecule has 3 nitrogen and oxygen atoms in total. The summed E-state index contributed by atoms with van der Waals surface area (Å²) in [5.41, 5.74) is 2.41. The Morgan fingerprint density at radius 1 is 1.05 bits per heavy atom. The molecule has 2 unspecified atom stereocenters. The van der Waals surface area contributed by atoms with Crippen LogP contribution in [0.15, 0.2) is 54.6 Å². The van der Waals surface area contributed by atoms with Crippen molar-refractivity contribution in [2.45, 2.75) is 25.3 Å². The normalized spacial score (nSPS) is 13.6. The molecule has 0 aliphatic heterocycles. The number of para-hydroxylation sites is 1. The molecule has 2 atom stereocenters. The summed E-state index contributed by atoms with van der Waals surface area (Å²) in [6, 6.07) is 18.6. The summed E-state index contributed by atoms with van der Waals surface area (Å²) < 4.78 is 5.43. The molecular formula is C19H25NO2. The van der Waals surface area contributed by atoms with E-state index in [2.05, 4.69) is 30.4 Å². The van der Waals surface area contributed by atoms with Crippen molar-refractivity contribution in [3.8, 4) is 5.75 Å². The third-order valence-electron chi connectivity index (χ3n) is 4.02. The molecule has 0 heterocycles. The van der Waals surface area contributed by atoms with Gasteiger partial charge in [0.1, 0.15) is 5.75 Å². The summed E-state index contributed by atoms with van der Waals surface area (Å²) in [5, 5.41) is 12.9. The number of aliphatic hydroxyl groups excluding tert-OH is 1. The molecule has 2 aromatic carbocycles. The van der Waals surface area contributed by atoms with Crippen molar-refractivity contribution in [1.82, 2.24) is 5.32 Å². The fraction of sp³-hybridized carbons (Fsp3) is 0.368. The van der Waals surface area contributed by atoms with Gasteiger partial charge in [0.2, 0.25) is 0 Å². The van der Waals surface area contributed by atoms with Gasteiger partial charge in [0.25, 0.3) is 0 Å². The second-order valence-corrected chi connectivity index (χ2v) is 5.49. The Kier molecular flexibility index (Phi) is 6.44. The highest BCUT2D eigenvalue weighted by Crippen LogP contribution is 2.25. The summed E-state index contributed by atoms with van der Waals surface area (Å²) in [6.45, 7) is 3.16. The van der Waals surface area contributed by atoms with Crippen molar-refractivity contribution >= 4 is 0 Å². The molecule has 0 spiro atoms. The van der Waals surface area contributed by atoms with Crippen LogP contribution in [0.3, 0.4) is 0 Å². The van der Waals surface area contributed by atoms with Crippen molar-refractivity contribution in [2.24, 2.45) is 0 Å². The molecule has 0 fully saturated rings. The van der Waals surface area contributed by atoms with E-state index in [4.69, 9.17) is 4.74 Å². The van der Waals surface area contributed by atoms with Crippen LogP contribution in [-0.2, 0) is 0 Å². The van der Waals surface area contributed by atoms with Crippen LogP contribution in [0.5, 0.6) is 5.75 Å². The first-order chi connectivity index (χ1) is 10.8. The van der Waals surface area contributed by atoms with Gasteiger partial charge in [-0.3, -0.25) is 0 Å². The van der Waals surface area contributed by atoms with E-state index < -0.39 is 0 Å². The Hall–Kier alpha value is -1.84. The fourth-order valence-electron chi connectivity index (χ4n) is 2.72. The Bertz CT molecular complexity index is 556. The number of hydrogen-bond donors (Lipinski definition) is 2. The van der Waals surface area contributed by atoms with Gasteiger partial charge < -0.3 is 15.2 Å². The van der Waals surface area contributed by atoms with E-state index in [0.29, 0.717) is 5.92 Å². The molecule has 0 amide bonds. The fourth-order valence-corrected chi connectivity index (χ4v) is 2.72. The minimum atomic E-state index is 0.195. The molecule has 0 bridgehead atoms. The van der Waals surface area contributed by atoms with Gasteiger partial charge in [-0.25, -0.2) is 0 Å². The lowest BCUT2D eigenvalue weighted by molar-refractivity contribution is 0.272. The van der Waals surface area contributed by atoms with Crippen LogP contribution in [0, 0.1) is 0 Å². The summed E-state index contributed by atoms with van der Waals surface area (Å²) in [7, 11) is 1.70. The molecule has 22 heavy (non-hydrogen) atoms. The second-order valence-electron chi connectivity index (χ2n) is 5.49. The van der Waals surface area contributed by atoms with Gasteiger partial charge in [-0.2, -0.15) is 0 Å². The maximum Gasteiger partial charge on any atom is 0.123 e. The number of ether oxygens (including phenoxy) is 1. The largest absolute Gasteiger partial charge is 0.496 e. The van der Waals surface area contributed by atoms with Gasteiger partial charge in [-0.05, 0) is 30.9 Å². The summed E-state index contributed by atoms with van der Waals surface area (Å²) in [5.74, 6) is 1.21. The van der Waals surface area contributed by atoms with Gasteiger partial charge in [0.15, 0.2) is 0 Å². The number of methoxy groups -OCH3 is 1. The van der Waals surface area contributed by atoms with Crippen LogP contribution in [0.25, 0.3) is 0 Å². The van der Waals surface area contributed by atoms with Crippen LogP contribution in [0.2, 0.25) is 0 Å². The third-order valence-corrected chi connectivity index (χ3v) is 4.02. The van der Waals surface area contributed by atoms with E-state index in [0.717, 1.165) is 24.3 Å². The van der Waals surface area contributed by atoms with Crippen LogP contribution >= 0.6 is 0 Å². The monoisotopic (exact) mass is 299 g/mol. The Morgan fingerprint density at radius 3 is 2.41 bits per heavy atom. The lowest BCUT2D eigenvalue weighted by Gasteiger charge is -2.22. The Balaban J connectivity index is 2.03. The predicted molar refractivity (Wildman–Crippen MR) is 90.3 cm³/mol. The van der Waals surface area contributed by atoms with E-state index >= 15 is 0 Å². The Labute approximate surface area is 133 Å². The molecule has 0 aromatic heterocycles. The molecule has 0 saturated carbocycles. The van der Waals surface area contributed by atoms with E-state index in [-0.39, 0.29) is 12.6 Å². The van der Waals surface area contributed by atoms with Crippen molar-refractivity contribution < 1.29 is 9.84 Å². The maximum absolute atomic E-state index is 9.31. The SMILES string of the molecule is COc1ccccc1C(C)NCC(CCO)c1ccccc1. The van der Waals surface area contributed by atoms with Gasteiger partial charge >= 0.3 is 0 Å². The van der Waals surface area contributed by atoms with E-state index in [1.807, 2.05) is 36.4 Å². The number of rotatable bonds is 8. The second kappa shape index (κ2) is 8.57. The quantitative estimate of drug-likeness (QED) is 0.784. The van der Waals surface area contributed by atoms with Gasteiger partial charge in [-0.1, -0.05) is 48.5 Å². The third kappa shape index (κ3) is 4.33. The van der Waals surface area contributed by atoms with Crippen molar-refractivity contribution in [3.63, 3.8) is 0 Å². The van der Waals surface area contributed by atoms with Crippen LogP contribution < -0.4 is 10.1 Å². The first kappa shape index (κ1) is 16.5. The molecule has 0 saturated heterocycles. The average molecular weight is 299 g/mol. The maximum atomic E-state index is 9.31. The number of nitrogens with one attached hydrogen (secondary N) is 1. The number of benzene rings is 2. The van der Waals surface area contributed by atoms with Crippen molar-refractivity contribution in [2.75, 3.05) is 20.3 Å². The van der Waals surface area contributed by atoms with Crippen LogP contribution in [0.1, 0.15) is 36.4 Å². The highest BCUT2D eigenvalue weighted by Gasteiger charge is 2.15. The molecule has 0 radical (unpaired) electrons. The molecule has 0 aliphatic carbocycles. The van der Waals surface area contributed by atoms with Crippen molar-refractivity contribution in [1.29, 1.82) is 0 Å². The molecular weight excluding hydrogens is 274 g/mol. The molecule has 2 rings (SSSR count). The van der Waals surface area contributed by atoms with Crippen molar-refractivity contribution in [3.05, 3.63) is 65.7 Å². The average Bonchev–Trinajstić information content (AvgIpc) is 2.59. The molecule has 3 heteroatoms. The molecule has 118 valence electrons. The van der Waals surface area contributed by atoms with Crippen LogP contribution in [0.4, 0.5) is 0 Å². The highest BCUT2D eigenvalue weighted by atomic mass is 16.5. The predicted octanol–water partition coefficient (Wildman–Crippen LogP) is 3.51. The zero-order chi connectivity index (χ0) is 15.8. The number of hydrogen-bond acceptors (Lipinski definition) is 3. The highest BCUT2D eigenvalue weighted by molar-refractivity contribution is 5.35. The lowest BCUT2D eigenvalue weighted by Crippen LogP contribution is -2.25. The van der Waals surface area contributed by atoms with Gasteiger partial charge in [-0.15, -0.1) is 0 Å². The minimum absolute atomic E-state index is 0.195. The van der Waals surface area contributed by atoms with E-state index in [1.165, 1.54) is 5.56 Å². The number of aliphatic hydroxyl groups is 1. The first-order valence-corrected chi connectivity index (χ1v) is 7.78. The summed E-state index contributed by atoms with van der Waals surface area (Å²) in [6.07, 6.45) is 0.760. The lowest BCUT2D eigenvalue weighted by atomic mass is 9.95. The zero-order valence-electron chi connectivity index (χ0n) is 13.3. The first-order valence-electron chi connectivity index (χ1n) is 7.78. The Morgan fingerprint density at radius 2 is 1.73 bits per heavy atom. The summed E-state index contributed by atoms with van der Waals surface area (Å²) in [4.78, 5) is 0. The molecule has 2 aromatic rings. The summed E-state index contributed by atoms with van der Waals surface area (Å²) >= 11 is 0. The minimum Gasteiger partial charge on any atom is -0.496 e.